The number of nitrogens with two attached hydrogens (primary N) is 1. The molecule has 0 fully saturated rings. The molecule has 0 aliphatic carbocycles. The van der Waals surface area contributed by atoms with Gasteiger partial charge < -0.3 is 5.73 Å². The summed E-state index contributed by atoms with van der Waals surface area (Å²) in [5.74, 6) is 0. The SMILES string of the molecule is CCC[C@H](N)c1ccc(Cl)cc1Br. The summed E-state index contributed by atoms with van der Waals surface area (Å²) in [6, 6.07) is 5.84. The van der Waals surface area contributed by atoms with Gasteiger partial charge in [0.2, 0.25) is 0 Å². The van der Waals surface area contributed by atoms with Crippen LogP contribution in [0.4, 0.5) is 0 Å². The minimum absolute atomic E-state index is 0.108. The van der Waals surface area contributed by atoms with Crippen LogP contribution >= 0.6 is 27.5 Å². The summed E-state index contributed by atoms with van der Waals surface area (Å²) in [6.45, 7) is 2.13. The first-order valence-corrected chi connectivity index (χ1v) is 5.52. The fraction of sp³-hybridized carbons (Fsp3) is 0.400. The molecule has 2 N–H and O–H groups in total. The molecule has 72 valence electrons. The Morgan fingerprint density at radius 2 is 2.23 bits per heavy atom. The summed E-state index contributed by atoms with van der Waals surface area (Å²) in [6.07, 6.45) is 2.09. The molecule has 0 bridgehead atoms. The zero-order chi connectivity index (χ0) is 9.84. The third-order valence-electron chi connectivity index (χ3n) is 1.96. The summed E-state index contributed by atoms with van der Waals surface area (Å²) in [4.78, 5) is 0. The highest BCUT2D eigenvalue weighted by Crippen LogP contribution is 2.27. The van der Waals surface area contributed by atoms with Crippen molar-refractivity contribution in [2.24, 2.45) is 5.73 Å². The zero-order valence-corrected chi connectivity index (χ0v) is 9.90. The predicted molar refractivity (Wildman–Crippen MR) is 61.0 cm³/mol. The van der Waals surface area contributed by atoms with Gasteiger partial charge in [-0.25, -0.2) is 0 Å². The van der Waals surface area contributed by atoms with E-state index < -0.39 is 0 Å². The lowest BCUT2D eigenvalue weighted by atomic mass is 10.0. The topological polar surface area (TPSA) is 26.0 Å². The lowest BCUT2D eigenvalue weighted by Crippen LogP contribution is -2.10. The first kappa shape index (κ1) is 11.0. The van der Waals surface area contributed by atoms with Crippen LogP contribution in [0.3, 0.4) is 0 Å². The first-order chi connectivity index (χ1) is 6.15. The van der Waals surface area contributed by atoms with Gasteiger partial charge in [0.05, 0.1) is 0 Å². The van der Waals surface area contributed by atoms with E-state index in [9.17, 15) is 0 Å². The van der Waals surface area contributed by atoms with E-state index in [0.717, 1.165) is 27.9 Å². The maximum atomic E-state index is 5.98. The summed E-state index contributed by atoms with van der Waals surface area (Å²) < 4.78 is 1.00. The average molecular weight is 263 g/mol. The van der Waals surface area contributed by atoms with Crippen molar-refractivity contribution in [2.45, 2.75) is 25.8 Å². The number of hydrogen-bond donors (Lipinski definition) is 1. The van der Waals surface area contributed by atoms with Crippen molar-refractivity contribution in [3.63, 3.8) is 0 Å². The van der Waals surface area contributed by atoms with Crippen LogP contribution in [0.2, 0.25) is 5.02 Å². The van der Waals surface area contributed by atoms with Gasteiger partial charge in [0.1, 0.15) is 0 Å². The average Bonchev–Trinajstić information content (AvgIpc) is 2.04. The molecule has 0 aromatic heterocycles. The molecule has 1 aromatic carbocycles. The van der Waals surface area contributed by atoms with Crippen molar-refractivity contribution in [3.8, 4) is 0 Å². The number of rotatable bonds is 3. The van der Waals surface area contributed by atoms with Crippen molar-refractivity contribution in [3.05, 3.63) is 33.3 Å². The first-order valence-electron chi connectivity index (χ1n) is 4.35. The summed E-state index contributed by atoms with van der Waals surface area (Å²) in [5.41, 5.74) is 7.11. The molecule has 0 unspecified atom stereocenters. The Labute approximate surface area is 92.4 Å². The van der Waals surface area contributed by atoms with Gasteiger partial charge in [0.15, 0.2) is 0 Å². The second kappa shape index (κ2) is 4.99. The molecule has 1 atom stereocenters. The second-order valence-electron chi connectivity index (χ2n) is 3.06. The van der Waals surface area contributed by atoms with Crippen molar-refractivity contribution in [1.29, 1.82) is 0 Å². The van der Waals surface area contributed by atoms with Crippen molar-refractivity contribution in [1.82, 2.24) is 0 Å². The van der Waals surface area contributed by atoms with Crippen molar-refractivity contribution < 1.29 is 0 Å². The van der Waals surface area contributed by atoms with Gasteiger partial charge >= 0.3 is 0 Å². The highest BCUT2D eigenvalue weighted by atomic mass is 79.9. The highest BCUT2D eigenvalue weighted by molar-refractivity contribution is 9.10. The van der Waals surface area contributed by atoms with Gasteiger partial charge in [-0.05, 0) is 24.1 Å². The van der Waals surface area contributed by atoms with Crippen LogP contribution in [0.15, 0.2) is 22.7 Å². The normalized spacial score (nSPS) is 12.9. The largest absolute Gasteiger partial charge is 0.324 e. The molecule has 13 heavy (non-hydrogen) atoms. The third kappa shape index (κ3) is 2.97. The zero-order valence-electron chi connectivity index (χ0n) is 7.56. The van der Waals surface area contributed by atoms with Gasteiger partial charge in [0, 0.05) is 15.5 Å². The minimum Gasteiger partial charge on any atom is -0.324 e. The fourth-order valence-electron chi connectivity index (χ4n) is 1.27. The maximum Gasteiger partial charge on any atom is 0.0417 e. The van der Waals surface area contributed by atoms with Crippen LogP contribution in [0.25, 0.3) is 0 Å². The summed E-state index contributed by atoms with van der Waals surface area (Å²) in [7, 11) is 0. The van der Waals surface area contributed by atoms with Crippen LogP contribution in [-0.2, 0) is 0 Å². The maximum absolute atomic E-state index is 5.98. The van der Waals surface area contributed by atoms with Gasteiger partial charge in [0.25, 0.3) is 0 Å². The van der Waals surface area contributed by atoms with E-state index in [1.807, 2.05) is 18.2 Å². The van der Waals surface area contributed by atoms with Crippen LogP contribution < -0.4 is 5.73 Å². The monoisotopic (exact) mass is 261 g/mol. The van der Waals surface area contributed by atoms with Gasteiger partial charge in [-0.15, -0.1) is 0 Å². The number of benzene rings is 1. The standard InChI is InChI=1S/C10H13BrClN/c1-2-3-10(13)8-5-4-7(12)6-9(8)11/h4-6,10H,2-3,13H2,1H3/t10-/m0/s1. The molecular weight excluding hydrogens is 249 g/mol. The molecule has 0 heterocycles. The highest BCUT2D eigenvalue weighted by Gasteiger charge is 2.08. The molecule has 1 rings (SSSR count). The van der Waals surface area contributed by atoms with E-state index in [1.165, 1.54) is 0 Å². The number of halogens is 2. The molecule has 0 saturated heterocycles. The quantitative estimate of drug-likeness (QED) is 0.878. The van der Waals surface area contributed by atoms with Crippen molar-refractivity contribution >= 4 is 27.5 Å². The fourth-order valence-corrected chi connectivity index (χ4v) is 2.25. The molecule has 0 radical (unpaired) electrons. The Morgan fingerprint density at radius 3 is 2.77 bits per heavy atom. The lowest BCUT2D eigenvalue weighted by molar-refractivity contribution is 0.636. The molecule has 3 heteroatoms. The smallest absolute Gasteiger partial charge is 0.0417 e. The second-order valence-corrected chi connectivity index (χ2v) is 4.35. The van der Waals surface area contributed by atoms with E-state index in [-0.39, 0.29) is 6.04 Å². The molecule has 1 aromatic rings. The van der Waals surface area contributed by atoms with Crippen LogP contribution in [-0.4, -0.2) is 0 Å². The molecule has 0 saturated carbocycles. The van der Waals surface area contributed by atoms with Crippen LogP contribution in [0.5, 0.6) is 0 Å². The van der Waals surface area contributed by atoms with E-state index in [1.54, 1.807) is 0 Å². The summed E-state index contributed by atoms with van der Waals surface area (Å²) in [5, 5.41) is 0.735. The van der Waals surface area contributed by atoms with E-state index in [4.69, 9.17) is 17.3 Å². The molecule has 1 nitrogen and oxygen atoms in total. The lowest BCUT2D eigenvalue weighted by Gasteiger charge is -2.12. The Kier molecular flexibility index (Phi) is 4.23. The Morgan fingerprint density at radius 1 is 1.54 bits per heavy atom. The summed E-state index contributed by atoms with van der Waals surface area (Å²) >= 11 is 9.28. The third-order valence-corrected chi connectivity index (χ3v) is 2.88. The van der Waals surface area contributed by atoms with Gasteiger partial charge in [-0.1, -0.05) is 46.9 Å². The van der Waals surface area contributed by atoms with Crippen LogP contribution in [0, 0.1) is 0 Å². The van der Waals surface area contributed by atoms with E-state index >= 15 is 0 Å². The molecule has 0 aliphatic rings. The van der Waals surface area contributed by atoms with E-state index in [2.05, 4.69) is 22.9 Å². The van der Waals surface area contributed by atoms with Gasteiger partial charge in [-0.3, -0.25) is 0 Å². The van der Waals surface area contributed by atoms with Crippen LogP contribution in [0.1, 0.15) is 31.4 Å². The Balaban J connectivity index is 2.88. The Bertz CT molecular complexity index is 288. The molecule has 0 spiro atoms. The molecular formula is C10H13BrClN. The molecule has 0 aliphatic heterocycles. The van der Waals surface area contributed by atoms with E-state index in [0.29, 0.717) is 0 Å². The predicted octanol–water partition coefficient (Wildman–Crippen LogP) is 3.90. The van der Waals surface area contributed by atoms with Gasteiger partial charge in [-0.2, -0.15) is 0 Å². The Hall–Kier alpha value is -0.0500. The molecule has 0 amide bonds. The number of hydrogen-bond acceptors (Lipinski definition) is 1. The van der Waals surface area contributed by atoms with Crippen molar-refractivity contribution in [2.75, 3.05) is 0 Å². The minimum atomic E-state index is 0.108.